The maximum Gasteiger partial charge on any atom is 0.307 e. The van der Waals surface area contributed by atoms with Gasteiger partial charge >= 0.3 is 5.91 Å². The second-order valence-electron chi connectivity index (χ2n) is 3.96. The fourth-order valence-electron chi connectivity index (χ4n) is 1.60. The molecule has 1 N–H and O–H groups in total. The van der Waals surface area contributed by atoms with Crippen molar-refractivity contribution in [2.45, 2.75) is 13.3 Å². The molecule has 0 bridgehead atoms. The molecule has 0 saturated heterocycles. The Morgan fingerprint density at radius 1 is 1.30 bits per heavy atom. The van der Waals surface area contributed by atoms with Crippen LogP contribution >= 0.6 is 23.2 Å². The molecule has 1 aromatic carbocycles. The third-order valence-electron chi connectivity index (χ3n) is 2.63. The number of rotatable bonds is 4. The van der Waals surface area contributed by atoms with E-state index < -0.39 is 5.91 Å². The first-order valence-electron chi connectivity index (χ1n) is 5.97. The van der Waals surface area contributed by atoms with Crippen LogP contribution in [0, 0.1) is 0 Å². The molecule has 1 aromatic heterocycles. The predicted octanol–water partition coefficient (Wildman–Crippen LogP) is 4.13. The summed E-state index contributed by atoms with van der Waals surface area (Å²) in [7, 11) is 0. The molecule has 2 aromatic rings. The van der Waals surface area contributed by atoms with Crippen LogP contribution in [-0.4, -0.2) is 11.6 Å². The lowest BCUT2D eigenvalue weighted by molar-refractivity contribution is 0.0927. The van der Waals surface area contributed by atoms with Gasteiger partial charge in [0.1, 0.15) is 0 Å². The number of hydrogen-bond acceptors (Lipinski definition) is 3. The van der Waals surface area contributed by atoms with Crippen LogP contribution in [0.5, 0.6) is 0 Å². The Morgan fingerprint density at radius 3 is 2.70 bits per heavy atom. The largest absolute Gasteiger partial charge is 0.459 e. The Bertz CT molecular complexity index is 637. The van der Waals surface area contributed by atoms with Crippen LogP contribution in [0.15, 0.2) is 46.1 Å². The number of nitrogens with one attached hydrogen (secondary N) is 1. The number of carbonyl (C=O) groups is 1. The van der Waals surface area contributed by atoms with Crippen LogP contribution in [-0.2, 0) is 0 Å². The van der Waals surface area contributed by atoms with Crippen LogP contribution in [0.1, 0.15) is 29.5 Å². The van der Waals surface area contributed by atoms with Gasteiger partial charge in [-0.1, -0.05) is 36.2 Å². The second kappa shape index (κ2) is 6.59. The number of carbonyl (C=O) groups excluding carboxylic acids is 1. The minimum atomic E-state index is -0.402. The van der Waals surface area contributed by atoms with Gasteiger partial charge in [0.2, 0.25) is 0 Å². The molecule has 2 rings (SSSR count). The molecule has 0 unspecified atom stereocenters. The molecule has 0 aliphatic heterocycles. The minimum absolute atomic E-state index is 0.207. The minimum Gasteiger partial charge on any atom is -0.459 e. The van der Waals surface area contributed by atoms with E-state index in [0.29, 0.717) is 22.2 Å². The van der Waals surface area contributed by atoms with Gasteiger partial charge in [0.05, 0.1) is 22.0 Å². The van der Waals surface area contributed by atoms with Gasteiger partial charge in [-0.25, -0.2) is 5.43 Å². The Kier molecular flexibility index (Phi) is 4.82. The van der Waals surface area contributed by atoms with Gasteiger partial charge in [-0.15, -0.1) is 0 Å². The highest BCUT2D eigenvalue weighted by atomic mass is 35.5. The van der Waals surface area contributed by atoms with Gasteiger partial charge in [0.25, 0.3) is 0 Å². The summed E-state index contributed by atoms with van der Waals surface area (Å²) < 4.78 is 4.98. The molecule has 104 valence electrons. The van der Waals surface area contributed by atoms with Gasteiger partial charge in [0, 0.05) is 0 Å². The summed E-state index contributed by atoms with van der Waals surface area (Å²) in [6.07, 6.45) is 2.06. The molecule has 0 saturated carbocycles. The Hall–Kier alpha value is -1.78. The standard InChI is InChI=1S/C14H12Cl2N2O2/c1-2-12(9-5-6-10(15)11(16)8-9)17-18-14(19)13-4-3-7-20-13/h3-8H,2H2,1H3,(H,18,19)/b17-12-. The Morgan fingerprint density at radius 2 is 2.10 bits per heavy atom. The summed E-state index contributed by atoms with van der Waals surface area (Å²) in [4.78, 5) is 11.7. The third kappa shape index (κ3) is 3.40. The van der Waals surface area contributed by atoms with Gasteiger partial charge in [-0.2, -0.15) is 5.10 Å². The lowest BCUT2D eigenvalue weighted by Gasteiger charge is -2.06. The first-order chi connectivity index (χ1) is 9.61. The summed E-state index contributed by atoms with van der Waals surface area (Å²) in [6, 6.07) is 8.41. The summed E-state index contributed by atoms with van der Waals surface area (Å²) in [6.45, 7) is 1.93. The van der Waals surface area contributed by atoms with E-state index in [0.717, 1.165) is 5.56 Å². The van der Waals surface area contributed by atoms with E-state index in [1.165, 1.54) is 6.26 Å². The maximum absolute atomic E-state index is 11.7. The number of nitrogens with zero attached hydrogens (tertiary/aromatic N) is 1. The van der Waals surface area contributed by atoms with E-state index in [2.05, 4.69) is 10.5 Å². The van der Waals surface area contributed by atoms with Crippen LogP contribution in [0.2, 0.25) is 10.0 Å². The molecule has 0 atom stereocenters. The number of halogens is 2. The van der Waals surface area contributed by atoms with Crippen molar-refractivity contribution in [2.75, 3.05) is 0 Å². The van der Waals surface area contributed by atoms with E-state index >= 15 is 0 Å². The van der Waals surface area contributed by atoms with Gasteiger partial charge in [-0.3, -0.25) is 4.79 Å². The van der Waals surface area contributed by atoms with Crippen molar-refractivity contribution in [3.05, 3.63) is 58.0 Å². The lowest BCUT2D eigenvalue weighted by atomic mass is 10.1. The van der Waals surface area contributed by atoms with Crippen molar-refractivity contribution in [1.29, 1.82) is 0 Å². The van der Waals surface area contributed by atoms with Crippen molar-refractivity contribution in [2.24, 2.45) is 5.10 Å². The highest BCUT2D eigenvalue weighted by molar-refractivity contribution is 6.42. The van der Waals surface area contributed by atoms with Gasteiger partial charge in [0.15, 0.2) is 5.76 Å². The lowest BCUT2D eigenvalue weighted by Crippen LogP contribution is -2.19. The first kappa shape index (κ1) is 14.6. The SMILES string of the molecule is CC/C(=N/NC(=O)c1ccco1)c1ccc(Cl)c(Cl)c1. The second-order valence-corrected chi connectivity index (χ2v) is 4.77. The molecule has 0 aliphatic carbocycles. The van der Waals surface area contributed by atoms with Crippen molar-refractivity contribution in [1.82, 2.24) is 5.43 Å². The van der Waals surface area contributed by atoms with Crippen molar-refractivity contribution in [3.63, 3.8) is 0 Å². The van der Waals surface area contributed by atoms with E-state index in [4.69, 9.17) is 27.6 Å². The molecule has 20 heavy (non-hydrogen) atoms. The number of furan rings is 1. The smallest absolute Gasteiger partial charge is 0.307 e. The zero-order valence-electron chi connectivity index (χ0n) is 10.7. The number of amides is 1. The summed E-state index contributed by atoms with van der Waals surface area (Å²) in [5, 5.41) is 5.02. The van der Waals surface area contributed by atoms with Crippen molar-refractivity contribution >= 4 is 34.8 Å². The number of benzene rings is 1. The van der Waals surface area contributed by atoms with Crippen LogP contribution < -0.4 is 5.43 Å². The average Bonchev–Trinajstić information content (AvgIpc) is 2.97. The molecule has 0 fully saturated rings. The molecular weight excluding hydrogens is 299 g/mol. The summed E-state index contributed by atoms with van der Waals surface area (Å²) >= 11 is 11.8. The molecule has 0 spiro atoms. The fraction of sp³-hybridized carbons (Fsp3) is 0.143. The average molecular weight is 311 g/mol. The highest BCUT2D eigenvalue weighted by Gasteiger charge is 2.09. The summed E-state index contributed by atoms with van der Waals surface area (Å²) in [5.41, 5.74) is 3.95. The topological polar surface area (TPSA) is 54.6 Å². The maximum atomic E-state index is 11.7. The van der Waals surface area contributed by atoms with Crippen molar-refractivity contribution < 1.29 is 9.21 Å². The normalized spacial score (nSPS) is 11.4. The van der Waals surface area contributed by atoms with E-state index in [9.17, 15) is 4.79 Å². The van der Waals surface area contributed by atoms with Crippen molar-refractivity contribution in [3.8, 4) is 0 Å². The molecule has 1 heterocycles. The monoisotopic (exact) mass is 310 g/mol. The fourth-order valence-corrected chi connectivity index (χ4v) is 1.90. The third-order valence-corrected chi connectivity index (χ3v) is 3.36. The van der Waals surface area contributed by atoms with Crippen LogP contribution in [0.3, 0.4) is 0 Å². The quantitative estimate of drug-likeness (QED) is 0.682. The van der Waals surface area contributed by atoms with Crippen LogP contribution in [0.25, 0.3) is 0 Å². The van der Waals surface area contributed by atoms with Gasteiger partial charge < -0.3 is 4.42 Å². The first-order valence-corrected chi connectivity index (χ1v) is 6.73. The van der Waals surface area contributed by atoms with Gasteiger partial charge in [-0.05, 0) is 36.2 Å². The highest BCUT2D eigenvalue weighted by Crippen LogP contribution is 2.23. The molecule has 1 amide bonds. The number of hydrogen-bond donors (Lipinski definition) is 1. The predicted molar refractivity (Wildman–Crippen MR) is 79.5 cm³/mol. The molecular formula is C14H12Cl2N2O2. The van der Waals surface area contributed by atoms with E-state index in [-0.39, 0.29) is 5.76 Å². The molecule has 0 radical (unpaired) electrons. The zero-order valence-corrected chi connectivity index (χ0v) is 12.2. The molecule has 0 aliphatic rings. The van der Waals surface area contributed by atoms with E-state index in [1.54, 1.807) is 30.3 Å². The zero-order chi connectivity index (χ0) is 14.5. The Labute approximate surface area is 126 Å². The molecule has 6 heteroatoms. The molecule has 4 nitrogen and oxygen atoms in total. The number of hydrazone groups is 1. The summed E-state index contributed by atoms with van der Waals surface area (Å²) in [5.74, 6) is -0.195. The Balaban J connectivity index is 2.17. The van der Waals surface area contributed by atoms with Crippen LogP contribution in [0.4, 0.5) is 0 Å². The van der Waals surface area contributed by atoms with E-state index in [1.807, 2.05) is 6.92 Å².